The van der Waals surface area contributed by atoms with Crippen molar-refractivity contribution in [1.82, 2.24) is 36.4 Å². The van der Waals surface area contributed by atoms with Gasteiger partial charge in [0.1, 0.15) is 36.3 Å². The fourth-order valence-corrected chi connectivity index (χ4v) is 7.81. The number of carbonyl (C=O) groups is 8. The van der Waals surface area contributed by atoms with Gasteiger partial charge < -0.3 is 46.6 Å². The second-order valence-corrected chi connectivity index (χ2v) is 15.6. The molecule has 0 aromatic carbocycles. The number of aliphatic hydroxyl groups is 1. The summed E-state index contributed by atoms with van der Waals surface area (Å²) in [5.41, 5.74) is 0. The van der Waals surface area contributed by atoms with Gasteiger partial charge in [0.15, 0.2) is 0 Å². The quantitative estimate of drug-likeness (QED) is 0.101. The molecule has 310 valence electrons. The summed E-state index contributed by atoms with van der Waals surface area (Å²) >= 11 is 0. The van der Waals surface area contributed by atoms with Gasteiger partial charge in [0.05, 0.1) is 12.5 Å². The number of hydrogen-bond donors (Lipinski definition) is 7. The van der Waals surface area contributed by atoms with Crippen LogP contribution in [-0.4, -0.2) is 129 Å². The highest BCUT2D eigenvalue weighted by molar-refractivity contribution is 5.98. The molecule has 3 rings (SSSR count). The molecule has 55 heavy (non-hydrogen) atoms. The minimum atomic E-state index is -1.57. The third kappa shape index (κ3) is 13.2. The first-order valence-corrected chi connectivity index (χ1v) is 20.0. The molecule has 2 aliphatic heterocycles. The molecule has 7 N–H and O–H groups in total. The highest BCUT2D eigenvalue weighted by atomic mass is 16.4. The van der Waals surface area contributed by atoms with Gasteiger partial charge in [-0.15, -0.1) is 0 Å². The highest BCUT2D eigenvalue weighted by Gasteiger charge is 2.43. The van der Waals surface area contributed by atoms with Crippen molar-refractivity contribution in [3.63, 3.8) is 0 Å². The topological polar surface area (TPSA) is 244 Å². The van der Waals surface area contributed by atoms with E-state index in [2.05, 4.69) is 26.6 Å². The van der Waals surface area contributed by atoms with E-state index in [9.17, 15) is 48.6 Å². The monoisotopic (exact) mass is 777 g/mol. The van der Waals surface area contributed by atoms with E-state index in [4.69, 9.17) is 0 Å². The van der Waals surface area contributed by atoms with Crippen molar-refractivity contribution >= 4 is 47.3 Å². The lowest BCUT2D eigenvalue weighted by Gasteiger charge is -2.39. The van der Waals surface area contributed by atoms with Crippen LogP contribution in [-0.2, 0) is 38.4 Å². The molecule has 0 unspecified atom stereocenters. The fraction of sp³-hybridized carbons (Fsp3) is 0.789. The van der Waals surface area contributed by atoms with Crippen molar-refractivity contribution in [2.75, 3.05) is 19.6 Å². The van der Waals surface area contributed by atoms with Crippen LogP contribution in [0, 0.1) is 11.8 Å². The van der Waals surface area contributed by atoms with E-state index in [1.165, 1.54) is 23.6 Å². The first-order chi connectivity index (χ1) is 26.0. The Morgan fingerprint density at radius 1 is 0.673 bits per heavy atom. The number of aliphatic hydroxyl groups excluding tert-OH is 1. The number of carbonyl (C=O) groups excluding carboxylic acids is 7. The lowest BCUT2D eigenvalue weighted by molar-refractivity contribution is -0.149. The Balaban J connectivity index is 1.77. The van der Waals surface area contributed by atoms with Gasteiger partial charge in [-0.3, -0.25) is 38.4 Å². The smallest absolute Gasteiger partial charge is 0.305 e. The van der Waals surface area contributed by atoms with Crippen LogP contribution in [0.15, 0.2) is 0 Å². The molecule has 0 radical (unpaired) electrons. The minimum Gasteiger partial charge on any atom is -0.481 e. The van der Waals surface area contributed by atoms with Crippen molar-refractivity contribution < 1.29 is 48.6 Å². The van der Waals surface area contributed by atoms with Gasteiger partial charge in [-0.1, -0.05) is 52.9 Å². The number of hydrogen-bond acceptors (Lipinski definition) is 9. The first kappa shape index (κ1) is 45.1. The molecular weight excluding hydrogens is 714 g/mol. The molecule has 17 heteroatoms. The maximum absolute atomic E-state index is 14.2. The molecule has 1 aliphatic carbocycles. The van der Waals surface area contributed by atoms with E-state index in [1.54, 1.807) is 13.8 Å². The first-order valence-electron chi connectivity index (χ1n) is 20.0. The van der Waals surface area contributed by atoms with Gasteiger partial charge in [-0.05, 0) is 63.7 Å². The van der Waals surface area contributed by atoms with Crippen molar-refractivity contribution in [2.45, 2.75) is 160 Å². The Labute approximate surface area is 323 Å². The Morgan fingerprint density at radius 2 is 1.25 bits per heavy atom. The zero-order valence-electron chi connectivity index (χ0n) is 33.1. The fourth-order valence-electron chi connectivity index (χ4n) is 7.81. The van der Waals surface area contributed by atoms with Crippen LogP contribution < -0.4 is 26.6 Å². The zero-order chi connectivity index (χ0) is 40.8. The summed E-state index contributed by atoms with van der Waals surface area (Å²) in [6, 6.07) is -6.86. The van der Waals surface area contributed by atoms with Gasteiger partial charge in [0.2, 0.25) is 41.4 Å². The maximum atomic E-state index is 14.2. The highest BCUT2D eigenvalue weighted by Crippen LogP contribution is 2.28. The van der Waals surface area contributed by atoms with Crippen LogP contribution in [0.5, 0.6) is 0 Å². The third-order valence-electron chi connectivity index (χ3n) is 10.8. The Kier molecular flexibility index (Phi) is 17.8. The molecule has 0 bridgehead atoms. The standard InChI is InChI=1S/C38H63N7O10/c1-6-17-39-36(53)32(23(4)46)43-35(52)29-16-12-19-44(29)37(54)27(21-30(48)49)41-34(51)28-15-10-11-18-45(28)38(55)31(22(2)3)42-33(50)26(40-24(5)47)20-25-13-8-7-9-14-25/h22-23,25-29,31-32,46H,6-21H2,1-5H3,(H,39,53)(H,40,47)(H,41,51)(H,42,50)(H,43,52)(H,48,49)/t23-,26+,27+,28+,29+,31+,32+/m1/s1. The molecule has 0 aromatic rings. The number of rotatable bonds is 18. The van der Waals surface area contributed by atoms with Crippen LogP contribution in [0.3, 0.4) is 0 Å². The molecular formula is C38H63N7O10. The van der Waals surface area contributed by atoms with E-state index in [-0.39, 0.29) is 43.7 Å². The van der Waals surface area contributed by atoms with Crippen LogP contribution in [0.25, 0.3) is 0 Å². The molecule has 3 fully saturated rings. The molecule has 7 amide bonds. The van der Waals surface area contributed by atoms with Crippen molar-refractivity contribution in [2.24, 2.45) is 11.8 Å². The predicted molar refractivity (Wildman–Crippen MR) is 201 cm³/mol. The second-order valence-electron chi connectivity index (χ2n) is 15.6. The molecule has 7 atom stereocenters. The number of likely N-dealkylation sites (tertiary alicyclic amines) is 2. The Morgan fingerprint density at radius 3 is 1.84 bits per heavy atom. The summed E-state index contributed by atoms with van der Waals surface area (Å²) in [7, 11) is 0. The minimum absolute atomic E-state index is 0.0916. The second kappa shape index (κ2) is 21.7. The number of nitrogens with zero attached hydrogens (tertiary/aromatic N) is 2. The predicted octanol–water partition coefficient (Wildman–Crippen LogP) is 0.326. The molecule has 2 heterocycles. The summed E-state index contributed by atoms with van der Waals surface area (Å²) in [5.74, 6) is -5.67. The summed E-state index contributed by atoms with van der Waals surface area (Å²) in [6.45, 7) is 8.68. The van der Waals surface area contributed by atoms with E-state index >= 15 is 0 Å². The summed E-state index contributed by atoms with van der Waals surface area (Å²) in [4.78, 5) is 108. The van der Waals surface area contributed by atoms with Crippen molar-refractivity contribution in [3.8, 4) is 0 Å². The number of carboxylic acid groups (broad SMARTS) is 1. The van der Waals surface area contributed by atoms with E-state index in [0.717, 1.165) is 32.1 Å². The van der Waals surface area contributed by atoms with Gasteiger partial charge >= 0.3 is 5.97 Å². The number of carboxylic acids is 1. The number of piperidine rings is 1. The summed E-state index contributed by atoms with van der Waals surface area (Å²) < 4.78 is 0. The molecule has 1 saturated carbocycles. The normalized spacial score (nSPS) is 21.7. The molecule has 3 aliphatic rings. The van der Waals surface area contributed by atoms with Crippen LogP contribution >= 0.6 is 0 Å². The number of amides is 7. The zero-order valence-corrected chi connectivity index (χ0v) is 33.1. The van der Waals surface area contributed by atoms with E-state index in [0.29, 0.717) is 38.6 Å². The average Bonchev–Trinajstić information content (AvgIpc) is 3.64. The number of nitrogens with one attached hydrogen (secondary N) is 5. The van der Waals surface area contributed by atoms with E-state index in [1.807, 2.05) is 6.92 Å². The van der Waals surface area contributed by atoms with Crippen molar-refractivity contribution in [3.05, 3.63) is 0 Å². The Hall–Kier alpha value is -4.28. The molecule has 0 aromatic heterocycles. The van der Waals surface area contributed by atoms with E-state index < -0.39 is 90.2 Å². The third-order valence-corrected chi connectivity index (χ3v) is 10.8. The molecule has 17 nitrogen and oxygen atoms in total. The lowest BCUT2D eigenvalue weighted by Crippen LogP contribution is -2.62. The summed E-state index contributed by atoms with van der Waals surface area (Å²) in [6.07, 6.45) is 6.22. The van der Waals surface area contributed by atoms with Crippen LogP contribution in [0.1, 0.15) is 118 Å². The summed E-state index contributed by atoms with van der Waals surface area (Å²) in [5, 5.41) is 33.2. The SMILES string of the molecule is CCCNC(=O)[C@@H](NC(=O)[C@@H]1CCCN1C(=O)[C@H](CC(=O)O)NC(=O)[C@@H]1CCCCN1C(=O)[C@@H](NC(=O)[C@H](CC1CCCCC1)NC(C)=O)C(C)C)[C@@H](C)O. The Bertz CT molecular complexity index is 1380. The number of aliphatic carboxylic acids is 1. The molecule has 0 spiro atoms. The largest absolute Gasteiger partial charge is 0.481 e. The maximum Gasteiger partial charge on any atom is 0.305 e. The van der Waals surface area contributed by atoms with Gasteiger partial charge in [0.25, 0.3) is 0 Å². The lowest BCUT2D eigenvalue weighted by atomic mass is 9.84. The molecule has 2 saturated heterocycles. The average molecular weight is 778 g/mol. The van der Waals surface area contributed by atoms with Gasteiger partial charge in [-0.25, -0.2) is 0 Å². The van der Waals surface area contributed by atoms with Gasteiger partial charge in [0, 0.05) is 26.6 Å². The van der Waals surface area contributed by atoms with Crippen LogP contribution in [0.2, 0.25) is 0 Å². The van der Waals surface area contributed by atoms with Gasteiger partial charge in [-0.2, -0.15) is 0 Å². The van der Waals surface area contributed by atoms with Crippen molar-refractivity contribution in [1.29, 1.82) is 0 Å². The van der Waals surface area contributed by atoms with Crippen LogP contribution in [0.4, 0.5) is 0 Å².